The Morgan fingerprint density at radius 3 is 1.40 bits per heavy atom. The summed E-state index contributed by atoms with van der Waals surface area (Å²) >= 11 is 0. The highest BCUT2D eigenvalue weighted by Crippen LogP contribution is 2.44. The van der Waals surface area contributed by atoms with Gasteiger partial charge >= 0.3 is 0 Å². The first-order valence-corrected chi connectivity index (χ1v) is 20.5. The topological polar surface area (TPSA) is 83.7 Å². The third-order valence-corrected chi connectivity index (χ3v) is 12.6. The fraction of sp³-hybridized carbons (Fsp3) is 0. The summed E-state index contributed by atoms with van der Waals surface area (Å²) in [4.78, 5) is 0. The van der Waals surface area contributed by atoms with Crippen LogP contribution in [-0.2, 0) is 0 Å². The van der Waals surface area contributed by atoms with E-state index in [1.807, 2.05) is 54.6 Å². The third kappa shape index (κ3) is 4.72. The maximum Gasteiger partial charge on any atom is 0.145 e. The van der Waals surface area contributed by atoms with Crippen LogP contribution in [0, 0.1) is 22.7 Å². The summed E-state index contributed by atoms with van der Waals surface area (Å²) in [6, 6.07) is 67.1. The quantitative estimate of drug-likeness (QED) is 0.178. The molecule has 0 N–H and O–H groups in total. The van der Waals surface area contributed by atoms with Crippen molar-refractivity contribution in [2.45, 2.75) is 0 Å². The van der Waals surface area contributed by atoms with Crippen LogP contribution in [0.1, 0.15) is 11.1 Å². The molecule has 0 aliphatic heterocycles. The maximum atomic E-state index is 10.6. The molecule has 0 fully saturated rings. The first-order chi connectivity index (χ1) is 30.7. The first-order valence-electron chi connectivity index (χ1n) is 20.5. The largest absolute Gasteiger partial charge is 0.455 e. The molecule has 0 aliphatic rings. The van der Waals surface area contributed by atoms with E-state index in [0.717, 1.165) is 121 Å². The molecule has 4 heterocycles. The molecule has 0 saturated carbocycles. The van der Waals surface area contributed by atoms with Gasteiger partial charge in [-0.15, -0.1) is 0 Å². The van der Waals surface area contributed by atoms with Gasteiger partial charge < -0.3 is 18.0 Å². The second-order valence-corrected chi connectivity index (χ2v) is 15.8. The lowest BCUT2D eigenvalue weighted by Gasteiger charge is -2.16. The van der Waals surface area contributed by atoms with Crippen LogP contribution in [0.25, 0.3) is 121 Å². The lowest BCUT2D eigenvalue weighted by Crippen LogP contribution is -2.00. The molecule has 0 aliphatic carbocycles. The van der Waals surface area contributed by atoms with E-state index in [9.17, 15) is 10.5 Å². The number of furan rings is 2. The Hall–Kier alpha value is -8.84. The standard InChI is InChI=1S/C56H30N4O2/c57-31-34-11-1-2-12-39(34)40-22-21-33(27-36(40)32-58)35-28-37(59-47-17-7-3-15-45(47)53-49(59)25-23-43-41-13-5-9-19-51(41)61-55(43)53)30-38(29-35)60-48-18-8-4-16-46(48)54-50(60)26-24-44-42-14-6-10-20-52(42)62-56(44)54/h1-30H. The van der Waals surface area contributed by atoms with E-state index < -0.39 is 0 Å². The summed E-state index contributed by atoms with van der Waals surface area (Å²) < 4.78 is 18.0. The lowest BCUT2D eigenvalue weighted by atomic mass is 9.93. The maximum absolute atomic E-state index is 10.6. The molecule has 0 spiro atoms. The van der Waals surface area contributed by atoms with Gasteiger partial charge in [0.2, 0.25) is 0 Å². The highest BCUT2D eigenvalue weighted by atomic mass is 16.3. The minimum Gasteiger partial charge on any atom is -0.455 e. The summed E-state index contributed by atoms with van der Waals surface area (Å²) in [7, 11) is 0. The van der Waals surface area contributed by atoms with Crippen molar-refractivity contribution in [2.24, 2.45) is 0 Å². The van der Waals surface area contributed by atoms with Crippen LogP contribution in [0.4, 0.5) is 0 Å². The SMILES string of the molecule is N#Cc1ccccc1-c1ccc(-c2cc(-n3c4ccccc4c4c5oc6ccccc6c5ccc43)cc(-n3c4ccccc4c4c5oc6ccccc6c5ccc43)c2)cc1C#N. The van der Waals surface area contributed by atoms with Crippen LogP contribution in [-0.4, -0.2) is 9.13 Å². The van der Waals surface area contributed by atoms with Gasteiger partial charge in [-0.05, 0) is 90.0 Å². The summed E-state index contributed by atoms with van der Waals surface area (Å²) in [6.45, 7) is 0. The molecule has 0 atom stereocenters. The average Bonchev–Trinajstić information content (AvgIpc) is 4.08. The number of hydrogen-bond acceptors (Lipinski definition) is 4. The Bertz CT molecular complexity index is 3940. The normalized spacial score (nSPS) is 11.8. The highest BCUT2D eigenvalue weighted by molar-refractivity contribution is 6.25. The van der Waals surface area contributed by atoms with Gasteiger partial charge in [0, 0.05) is 54.8 Å². The van der Waals surface area contributed by atoms with Crippen molar-refractivity contribution in [3.8, 4) is 45.8 Å². The van der Waals surface area contributed by atoms with Crippen molar-refractivity contribution in [3.05, 3.63) is 193 Å². The number of fused-ring (bicyclic) bond motifs is 14. The molecule has 9 aromatic carbocycles. The van der Waals surface area contributed by atoms with Gasteiger partial charge in [0.05, 0.1) is 56.1 Å². The summed E-state index contributed by atoms with van der Waals surface area (Å²) in [5, 5.41) is 29.2. The number of para-hydroxylation sites is 4. The van der Waals surface area contributed by atoms with Crippen LogP contribution in [0.2, 0.25) is 0 Å². The molecule has 0 bridgehead atoms. The number of rotatable bonds is 4. The number of benzene rings is 9. The molecule has 286 valence electrons. The van der Waals surface area contributed by atoms with Crippen molar-refractivity contribution in [3.63, 3.8) is 0 Å². The molecule has 0 radical (unpaired) electrons. The van der Waals surface area contributed by atoms with E-state index >= 15 is 0 Å². The highest BCUT2D eigenvalue weighted by Gasteiger charge is 2.23. The molecule has 0 amide bonds. The molecule has 6 heteroatoms. The molecule has 13 rings (SSSR count). The number of aromatic nitrogens is 2. The zero-order chi connectivity index (χ0) is 41.1. The minimum atomic E-state index is 0.491. The van der Waals surface area contributed by atoms with Crippen molar-refractivity contribution < 1.29 is 8.83 Å². The van der Waals surface area contributed by atoms with Crippen molar-refractivity contribution in [2.75, 3.05) is 0 Å². The predicted molar refractivity (Wildman–Crippen MR) is 250 cm³/mol. The molecule has 4 aromatic heterocycles. The molecule has 62 heavy (non-hydrogen) atoms. The second kappa shape index (κ2) is 12.8. The molecule has 0 saturated heterocycles. The Morgan fingerprint density at radius 2 is 0.839 bits per heavy atom. The van der Waals surface area contributed by atoms with Gasteiger partial charge in [-0.2, -0.15) is 10.5 Å². The Balaban J connectivity index is 1.13. The van der Waals surface area contributed by atoms with E-state index in [-0.39, 0.29) is 0 Å². The summed E-state index contributed by atoms with van der Waals surface area (Å²) in [6.07, 6.45) is 0. The minimum absolute atomic E-state index is 0.491. The number of hydrogen-bond donors (Lipinski definition) is 0. The smallest absolute Gasteiger partial charge is 0.145 e. The Kier molecular flexibility index (Phi) is 7.05. The third-order valence-electron chi connectivity index (χ3n) is 12.6. The van der Waals surface area contributed by atoms with Gasteiger partial charge in [-0.3, -0.25) is 0 Å². The lowest BCUT2D eigenvalue weighted by molar-refractivity contribution is 0.672. The van der Waals surface area contributed by atoms with Gasteiger partial charge in [0.15, 0.2) is 0 Å². The number of nitriles is 2. The predicted octanol–water partition coefficient (Wildman–Crippen LogP) is 14.8. The Morgan fingerprint density at radius 1 is 0.355 bits per heavy atom. The molecule has 0 unspecified atom stereocenters. The van der Waals surface area contributed by atoms with Crippen LogP contribution in [0.3, 0.4) is 0 Å². The van der Waals surface area contributed by atoms with Crippen LogP contribution < -0.4 is 0 Å². The fourth-order valence-corrected chi connectivity index (χ4v) is 9.91. The van der Waals surface area contributed by atoms with Crippen molar-refractivity contribution >= 4 is 87.5 Å². The van der Waals surface area contributed by atoms with E-state index in [2.05, 4.69) is 143 Å². The van der Waals surface area contributed by atoms with Gasteiger partial charge in [-0.1, -0.05) is 103 Å². The average molecular weight is 791 g/mol. The van der Waals surface area contributed by atoms with Crippen LogP contribution in [0.5, 0.6) is 0 Å². The Labute approximate surface area is 353 Å². The molecular weight excluding hydrogens is 761 g/mol. The molecular formula is C56H30N4O2. The van der Waals surface area contributed by atoms with Crippen molar-refractivity contribution in [1.82, 2.24) is 9.13 Å². The van der Waals surface area contributed by atoms with E-state index in [1.165, 1.54) is 0 Å². The zero-order valence-corrected chi connectivity index (χ0v) is 32.9. The van der Waals surface area contributed by atoms with E-state index in [1.54, 1.807) is 6.07 Å². The van der Waals surface area contributed by atoms with Crippen LogP contribution >= 0.6 is 0 Å². The molecule has 6 nitrogen and oxygen atoms in total. The van der Waals surface area contributed by atoms with Gasteiger partial charge in [-0.25, -0.2) is 0 Å². The summed E-state index contributed by atoms with van der Waals surface area (Å²) in [5.74, 6) is 0. The number of nitrogens with zero attached hydrogens (tertiary/aromatic N) is 4. The first kappa shape index (κ1) is 34.1. The van der Waals surface area contributed by atoms with E-state index in [4.69, 9.17) is 8.83 Å². The van der Waals surface area contributed by atoms with Gasteiger partial charge in [0.25, 0.3) is 0 Å². The monoisotopic (exact) mass is 790 g/mol. The second-order valence-electron chi connectivity index (χ2n) is 15.8. The van der Waals surface area contributed by atoms with Crippen LogP contribution in [0.15, 0.2) is 191 Å². The van der Waals surface area contributed by atoms with Gasteiger partial charge in [0.1, 0.15) is 22.3 Å². The molecule has 13 aromatic rings. The summed E-state index contributed by atoms with van der Waals surface area (Å²) in [5.41, 5.74) is 13.8. The zero-order valence-electron chi connectivity index (χ0n) is 32.9. The fourth-order valence-electron chi connectivity index (χ4n) is 9.91. The van der Waals surface area contributed by atoms with Crippen molar-refractivity contribution in [1.29, 1.82) is 10.5 Å². The van der Waals surface area contributed by atoms with E-state index in [0.29, 0.717) is 11.1 Å².